The van der Waals surface area contributed by atoms with Crippen LogP contribution < -0.4 is 10.5 Å². The Labute approximate surface area is 127 Å². The van der Waals surface area contributed by atoms with E-state index in [1.54, 1.807) is 6.20 Å². The van der Waals surface area contributed by atoms with E-state index in [0.29, 0.717) is 13.2 Å². The molecule has 1 heterocycles. The molecule has 0 bridgehead atoms. The molecule has 0 spiro atoms. The van der Waals surface area contributed by atoms with E-state index in [2.05, 4.69) is 50.9 Å². The maximum Gasteiger partial charge on any atom is 0.123 e. The van der Waals surface area contributed by atoms with Crippen molar-refractivity contribution >= 4 is 0 Å². The fourth-order valence-corrected chi connectivity index (χ4v) is 2.31. The summed E-state index contributed by atoms with van der Waals surface area (Å²) in [5.74, 6) is 0.939. The van der Waals surface area contributed by atoms with E-state index >= 15 is 0 Å². The molecule has 0 radical (unpaired) electrons. The van der Waals surface area contributed by atoms with Crippen molar-refractivity contribution in [3.05, 3.63) is 58.9 Å². The van der Waals surface area contributed by atoms with Crippen LogP contribution in [0.2, 0.25) is 0 Å². The van der Waals surface area contributed by atoms with E-state index in [9.17, 15) is 0 Å². The highest BCUT2D eigenvalue weighted by Gasteiger charge is 2.19. The molecule has 21 heavy (non-hydrogen) atoms. The number of nitrogens with two attached hydrogens (primary N) is 1. The molecule has 2 N–H and O–H groups in total. The molecule has 2 rings (SSSR count). The van der Waals surface area contributed by atoms with Crippen LogP contribution in [0.5, 0.6) is 5.75 Å². The van der Waals surface area contributed by atoms with Gasteiger partial charge in [0.25, 0.3) is 0 Å². The topological polar surface area (TPSA) is 48.1 Å². The van der Waals surface area contributed by atoms with E-state index in [4.69, 9.17) is 10.5 Å². The third-order valence-electron chi connectivity index (χ3n) is 3.51. The quantitative estimate of drug-likeness (QED) is 0.930. The van der Waals surface area contributed by atoms with E-state index in [1.165, 1.54) is 11.1 Å². The van der Waals surface area contributed by atoms with Crippen molar-refractivity contribution in [2.75, 3.05) is 0 Å². The van der Waals surface area contributed by atoms with Gasteiger partial charge in [-0.3, -0.25) is 4.98 Å². The molecule has 0 atom stereocenters. The van der Waals surface area contributed by atoms with E-state index < -0.39 is 0 Å². The number of hydrogen-bond acceptors (Lipinski definition) is 3. The van der Waals surface area contributed by atoms with Crippen molar-refractivity contribution in [1.29, 1.82) is 0 Å². The van der Waals surface area contributed by atoms with E-state index in [1.807, 2.05) is 12.1 Å². The van der Waals surface area contributed by atoms with Gasteiger partial charge in [-0.25, -0.2) is 0 Å². The Bertz CT molecular complexity index is 615. The summed E-state index contributed by atoms with van der Waals surface area (Å²) in [7, 11) is 0. The summed E-state index contributed by atoms with van der Waals surface area (Å²) in [6.07, 6.45) is 1.76. The highest BCUT2D eigenvalue weighted by atomic mass is 16.5. The molecule has 0 fully saturated rings. The van der Waals surface area contributed by atoms with Gasteiger partial charge in [-0.2, -0.15) is 0 Å². The van der Waals surface area contributed by atoms with Gasteiger partial charge in [0.05, 0.1) is 5.69 Å². The Morgan fingerprint density at radius 2 is 1.95 bits per heavy atom. The maximum atomic E-state index is 6.08. The van der Waals surface area contributed by atoms with Gasteiger partial charge in [-0.05, 0) is 35.6 Å². The molecule has 1 aromatic heterocycles. The van der Waals surface area contributed by atoms with Crippen LogP contribution in [0.3, 0.4) is 0 Å². The van der Waals surface area contributed by atoms with Crippen LogP contribution in [0.25, 0.3) is 0 Å². The van der Waals surface area contributed by atoms with Gasteiger partial charge in [-0.15, -0.1) is 0 Å². The lowest BCUT2D eigenvalue weighted by molar-refractivity contribution is 0.295. The molecule has 0 aliphatic carbocycles. The smallest absolute Gasteiger partial charge is 0.123 e. The lowest BCUT2D eigenvalue weighted by Gasteiger charge is -2.23. The molecule has 0 unspecified atom stereocenters. The van der Waals surface area contributed by atoms with Crippen molar-refractivity contribution in [1.82, 2.24) is 4.98 Å². The molecule has 3 heteroatoms. The fraction of sp³-hybridized carbons (Fsp3) is 0.389. The van der Waals surface area contributed by atoms with Gasteiger partial charge < -0.3 is 10.5 Å². The molecule has 0 amide bonds. The average molecular weight is 284 g/mol. The van der Waals surface area contributed by atoms with Gasteiger partial charge in [-0.1, -0.05) is 39.0 Å². The van der Waals surface area contributed by atoms with Crippen molar-refractivity contribution in [3.63, 3.8) is 0 Å². The zero-order valence-corrected chi connectivity index (χ0v) is 13.3. The molecule has 1 aromatic carbocycles. The Balaban J connectivity index is 2.25. The van der Waals surface area contributed by atoms with Gasteiger partial charge in [0.15, 0.2) is 0 Å². The second kappa shape index (κ2) is 6.27. The normalized spacial score (nSPS) is 11.5. The number of rotatable bonds is 4. The molecule has 0 aliphatic heterocycles. The third kappa shape index (κ3) is 3.82. The lowest BCUT2D eigenvalue weighted by Crippen LogP contribution is -2.14. The number of pyridine rings is 1. The fourth-order valence-electron chi connectivity index (χ4n) is 2.31. The molecule has 0 saturated carbocycles. The number of aromatic nitrogens is 1. The summed E-state index contributed by atoms with van der Waals surface area (Å²) < 4.78 is 6.08. The van der Waals surface area contributed by atoms with Crippen molar-refractivity contribution < 1.29 is 4.74 Å². The standard InChI is InChI=1S/C18H24N2O/c1-13-7-8-15(18(2,3)4)17(10-13)21-12-14-6-5-9-20-16(14)11-19/h5-10H,11-12,19H2,1-4H3. The SMILES string of the molecule is Cc1ccc(C(C)(C)C)c(OCc2cccnc2CN)c1. The third-order valence-corrected chi connectivity index (χ3v) is 3.51. The number of benzene rings is 1. The Hall–Kier alpha value is -1.87. The molecular formula is C18H24N2O. The predicted molar refractivity (Wildman–Crippen MR) is 86.3 cm³/mol. The van der Waals surface area contributed by atoms with Crippen molar-refractivity contribution in [2.24, 2.45) is 5.73 Å². The highest BCUT2D eigenvalue weighted by molar-refractivity contribution is 5.41. The van der Waals surface area contributed by atoms with Crippen LogP contribution in [0.1, 0.15) is 43.2 Å². The van der Waals surface area contributed by atoms with Gasteiger partial charge in [0, 0.05) is 18.3 Å². The van der Waals surface area contributed by atoms with Crippen LogP contribution in [-0.2, 0) is 18.6 Å². The molecule has 2 aromatic rings. The monoisotopic (exact) mass is 284 g/mol. The Kier molecular flexibility index (Phi) is 4.63. The molecule has 0 saturated heterocycles. The van der Waals surface area contributed by atoms with Crippen LogP contribution in [0, 0.1) is 6.92 Å². The maximum absolute atomic E-state index is 6.08. The zero-order chi connectivity index (χ0) is 15.5. The van der Waals surface area contributed by atoms with Crippen LogP contribution >= 0.6 is 0 Å². The van der Waals surface area contributed by atoms with Gasteiger partial charge >= 0.3 is 0 Å². The molecule has 3 nitrogen and oxygen atoms in total. The van der Waals surface area contributed by atoms with E-state index in [-0.39, 0.29) is 5.41 Å². The zero-order valence-electron chi connectivity index (χ0n) is 13.3. The first-order valence-electron chi connectivity index (χ1n) is 7.28. The molecule has 112 valence electrons. The van der Waals surface area contributed by atoms with Crippen LogP contribution in [-0.4, -0.2) is 4.98 Å². The number of hydrogen-bond donors (Lipinski definition) is 1. The lowest BCUT2D eigenvalue weighted by atomic mass is 9.86. The minimum atomic E-state index is 0.0503. The van der Waals surface area contributed by atoms with Gasteiger partial charge in [0.2, 0.25) is 0 Å². The van der Waals surface area contributed by atoms with E-state index in [0.717, 1.165) is 17.0 Å². The number of aryl methyl sites for hydroxylation is 1. The van der Waals surface area contributed by atoms with Crippen LogP contribution in [0.4, 0.5) is 0 Å². The van der Waals surface area contributed by atoms with Gasteiger partial charge in [0.1, 0.15) is 12.4 Å². The predicted octanol–water partition coefficient (Wildman–Crippen LogP) is 3.73. The highest BCUT2D eigenvalue weighted by Crippen LogP contribution is 2.32. The summed E-state index contributed by atoms with van der Waals surface area (Å²) in [5, 5.41) is 0. The first kappa shape index (κ1) is 15.5. The first-order chi connectivity index (χ1) is 9.91. The minimum absolute atomic E-state index is 0.0503. The number of nitrogens with zero attached hydrogens (tertiary/aromatic N) is 1. The average Bonchev–Trinajstić information content (AvgIpc) is 2.44. The van der Waals surface area contributed by atoms with Crippen LogP contribution in [0.15, 0.2) is 36.5 Å². The largest absolute Gasteiger partial charge is 0.489 e. The summed E-state index contributed by atoms with van der Waals surface area (Å²) in [5.41, 5.74) is 10.1. The van der Waals surface area contributed by atoms with Crippen molar-refractivity contribution in [2.45, 2.75) is 46.3 Å². The Morgan fingerprint density at radius 3 is 2.62 bits per heavy atom. The first-order valence-corrected chi connectivity index (χ1v) is 7.28. The second-order valence-electron chi connectivity index (χ2n) is 6.35. The Morgan fingerprint density at radius 1 is 1.19 bits per heavy atom. The molecule has 0 aliphatic rings. The molecular weight excluding hydrogens is 260 g/mol. The summed E-state index contributed by atoms with van der Waals surface area (Å²) >= 11 is 0. The van der Waals surface area contributed by atoms with Crippen molar-refractivity contribution in [3.8, 4) is 5.75 Å². The minimum Gasteiger partial charge on any atom is -0.489 e. The summed E-state index contributed by atoms with van der Waals surface area (Å²) in [6.45, 7) is 9.58. The summed E-state index contributed by atoms with van der Waals surface area (Å²) in [4.78, 5) is 4.29. The second-order valence-corrected chi connectivity index (χ2v) is 6.35. The summed E-state index contributed by atoms with van der Waals surface area (Å²) in [6, 6.07) is 10.3. The number of ether oxygens (including phenoxy) is 1.